The van der Waals surface area contributed by atoms with Crippen LogP contribution in [0, 0.1) is 0 Å². The molecule has 36 heavy (non-hydrogen) atoms. The van der Waals surface area contributed by atoms with E-state index in [0.717, 1.165) is 35.4 Å². The molecule has 5 rings (SSSR count). The van der Waals surface area contributed by atoms with Gasteiger partial charge < -0.3 is 23.9 Å². The third kappa shape index (κ3) is 4.32. The second-order valence-corrected chi connectivity index (χ2v) is 9.54. The Labute approximate surface area is 212 Å². The second-order valence-electron chi connectivity index (χ2n) is 8.45. The Morgan fingerprint density at radius 1 is 1.17 bits per heavy atom. The molecule has 9 nitrogen and oxygen atoms in total. The van der Waals surface area contributed by atoms with Crippen molar-refractivity contribution in [3.63, 3.8) is 0 Å². The van der Waals surface area contributed by atoms with Crippen molar-refractivity contribution in [2.75, 3.05) is 39.3 Å². The summed E-state index contributed by atoms with van der Waals surface area (Å²) in [7, 11) is 4.69. The van der Waals surface area contributed by atoms with Gasteiger partial charge in [-0.05, 0) is 49.1 Å². The second kappa shape index (κ2) is 10.1. The number of anilines is 1. The first-order chi connectivity index (χ1) is 17.5. The maximum absolute atomic E-state index is 13.3. The van der Waals surface area contributed by atoms with E-state index in [1.165, 1.54) is 10.4 Å². The number of amides is 2. The number of aryl methyl sites for hydroxylation is 1. The lowest BCUT2D eigenvalue weighted by molar-refractivity contribution is -0.123. The van der Waals surface area contributed by atoms with Gasteiger partial charge in [0.2, 0.25) is 17.6 Å². The van der Waals surface area contributed by atoms with Crippen LogP contribution in [0.15, 0.2) is 39.9 Å². The molecule has 188 valence electrons. The average Bonchev–Trinajstić information content (AvgIpc) is 3.62. The zero-order chi connectivity index (χ0) is 25.2. The van der Waals surface area contributed by atoms with Crippen molar-refractivity contribution >= 4 is 33.9 Å². The Balaban J connectivity index is 1.53. The summed E-state index contributed by atoms with van der Waals surface area (Å²) < 4.78 is 21.9. The molecule has 1 N–H and O–H groups in total. The van der Waals surface area contributed by atoms with Gasteiger partial charge in [0.25, 0.3) is 0 Å². The van der Waals surface area contributed by atoms with E-state index in [-0.39, 0.29) is 31.4 Å². The molecule has 1 aliphatic heterocycles. The lowest BCUT2D eigenvalue weighted by Gasteiger charge is -2.20. The highest BCUT2D eigenvalue weighted by Gasteiger charge is 2.34. The molecule has 3 heterocycles. The van der Waals surface area contributed by atoms with Crippen molar-refractivity contribution in [2.45, 2.75) is 25.8 Å². The Morgan fingerprint density at radius 3 is 2.61 bits per heavy atom. The van der Waals surface area contributed by atoms with Crippen molar-refractivity contribution < 1.29 is 28.2 Å². The number of thiophene rings is 1. The maximum Gasteiger partial charge on any atom is 0.249 e. The topological polar surface area (TPSA) is 103 Å². The minimum absolute atomic E-state index is 0.0758. The van der Waals surface area contributed by atoms with Crippen LogP contribution >= 0.6 is 11.3 Å². The van der Waals surface area contributed by atoms with Crippen molar-refractivity contribution in [1.82, 2.24) is 5.32 Å². The van der Waals surface area contributed by atoms with E-state index in [0.29, 0.717) is 28.7 Å². The first-order valence-corrected chi connectivity index (χ1v) is 12.4. The van der Waals surface area contributed by atoms with Gasteiger partial charge in [-0.25, -0.2) is 0 Å². The van der Waals surface area contributed by atoms with Crippen molar-refractivity contribution in [2.24, 2.45) is 4.99 Å². The van der Waals surface area contributed by atoms with E-state index in [9.17, 15) is 9.59 Å². The van der Waals surface area contributed by atoms with Crippen LogP contribution in [-0.4, -0.2) is 51.9 Å². The SMILES string of the molecule is COc1cc(C2=NCC(=O)N(CC(=O)NCc3ccco3)c3sc4c(c32)CCC4)cc(OC)c1OC. The highest BCUT2D eigenvalue weighted by atomic mass is 32.1. The molecule has 0 bridgehead atoms. The molecule has 0 fully saturated rings. The molecule has 2 aromatic heterocycles. The number of aliphatic imine (C=N–C) groups is 1. The van der Waals surface area contributed by atoms with E-state index >= 15 is 0 Å². The summed E-state index contributed by atoms with van der Waals surface area (Å²) in [6, 6.07) is 7.25. The molecule has 0 atom stereocenters. The molecule has 0 radical (unpaired) electrons. The standard InChI is InChI=1S/C26H27N3O6S/c1-32-18-10-15(11-19(33-2)25(18)34-3)24-23-17-7-4-8-20(17)36-26(23)29(22(31)13-28-24)14-21(30)27-12-16-6-5-9-35-16/h5-6,9-11H,4,7-8,12-14H2,1-3H3,(H,27,30). The molecule has 2 aliphatic rings. The largest absolute Gasteiger partial charge is 0.493 e. The molecular formula is C26H27N3O6S. The quantitative estimate of drug-likeness (QED) is 0.500. The predicted octanol–water partition coefficient (Wildman–Crippen LogP) is 3.36. The number of hydrogen-bond donors (Lipinski definition) is 1. The number of nitrogens with one attached hydrogen (secondary N) is 1. The molecule has 2 amide bonds. The third-order valence-electron chi connectivity index (χ3n) is 6.34. The van der Waals surface area contributed by atoms with E-state index in [1.807, 2.05) is 12.1 Å². The number of carbonyl (C=O) groups excluding carboxylic acids is 2. The van der Waals surface area contributed by atoms with Crippen LogP contribution in [0.4, 0.5) is 5.00 Å². The monoisotopic (exact) mass is 509 g/mol. The number of ether oxygens (including phenoxy) is 3. The zero-order valence-electron chi connectivity index (χ0n) is 20.4. The summed E-state index contributed by atoms with van der Waals surface area (Å²) in [4.78, 5) is 33.6. The Hall–Kier alpha value is -3.79. The van der Waals surface area contributed by atoms with Crippen LogP contribution in [0.2, 0.25) is 0 Å². The molecular weight excluding hydrogens is 482 g/mol. The van der Waals surface area contributed by atoms with Gasteiger partial charge in [0, 0.05) is 16.0 Å². The number of nitrogens with zero attached hydrogens (tertiary/aromatic N) is 2. The average molecular weight is 510 g/mol. The molecule has 0 unspecified atom stereocenters. The number of furan rings is 1. The van der Waals surface area contributed by atoms with E-state index in [1.54, 1.807) is 56.0 Å². The Bertz CT molecular complexity index is 1300. The van der Waals surface area contributed by atoms with Crippen LogP contribution < -0.4 is 24.4 Å². The van der Waals surface area contributed by atoms with E-state index < -0.39 is 0 Å². The molecule has 0 saturated heterocycles. The van der Waals surface area contributed by atoms with Crippen molar-refractivity contribution in [1.29, 1.82) is 0 Å². The zero-order valence-corrected chi connectivity index (χ0v) is 21.2. The first kappa shape index (κ1) is 23.9. The molecule has 0 saturated carbocycles. The smallest absolute Gasteiger partial charge is 0.249 e. The lowest BCUT2D eigenvalue weighted by Crippen LogP contribution is -2.41. The van der Waals surface area contributed by atoms with Crippen LogP contribution in [0.3, 0.4) is 0 Å². The fourth-order valence-electron chi connectivity index (χ4n) is 4.66. The minimum atomic E-state index is -0.268. The summed E-state index contributed by atoms with van der Waals surface area (Å²) in [5.41, 5.74) is 3.55. The van der Waals surface area contributed by atoms with Gasteiger partial charge in [-0.3, -0.25) is 19.5 Å². The summed E-state index contributed by atoms with van der Waals surface area (Å²) in [6.07, 6.45) is 4.45. The molecule has 0 spiro atoms. The van der Waals surface area contributed by atoms with Gasteiger partial charge in [-0.15, -0.1) is 11.3 Å². The van der Waals surface area contributed by atoms with Gasteiger partial charge >= 0.3 is 0 Å². The molecule has 3 aromatic rings. The number of rotatable bonds is 8. The molecule has 1 aliphatic carbocycles. The highest BCUT2D eigenvalue weighted by Crippen LogP contribution is 2.45. The van der Waals surface area contributed by atoms with Gasteiger partial charge in [0.1, 0.15) is 23.9 Å². The van der Waals surface area contributed by atoms with Crippen LogP contribution in [-0.2, 0) is 29.0 Å². The maximum atomic E-state index is 13.3. The van der Waals surface area contributed by atoms with Crippen molar-refractivity contribution in [3.05, 3.63) is 57.9 Å². The van der Waals surface area contributed by atoms with Gasteiger partial charge in [0.05, 0.1) is 39.8 Å². The normalized spacial score (nSPS) is 14.6. The molecule has 1 aromatic carbocycles. The van der Waals surface area contributed by atoms with Crippen molar-refractivity contribution in [3.8, 4) is 17.2 Å². The van der Waals surface area contributed by atoms with Gasteiger partial charge in [0.15, 0.2) is 11.5 Å². The van der Waals surface area contributed by atoms with Crippen LogP contribution in [0.25, 0.3) is 0 Å². The lowest BCUT2D eigenvalue weighted by atomic mass is 9.98. The summed E-state index contributed by atoms with van der Waals surface area (Å²) in [5.74, 6) is 1.65. The van der Waals surface area contributed by atoms with Gasteiger partial charge in [-0.2, -0.15) is 0 Å². The van der Waals surface area contributed by atoms with E-state index in [4.69, 9.17) is 23.6 Å². The Kier molecular flexibility index (Phi) is 6.69. The fraction of sp³-hybridized carbons (Fsp3) is 0.346. The number of benzene rings is 1. The number of methoxy groups -OCH3 is 3. The van der Waals surface area contributed by atoms with Crippen LogP contribution in [0.5, 0.6) is 17.2 Å². The first-order valence-electron chi connectivity index (χ1n) is 11.6. The molecule has 10 heteroatoms. The highest BCUT2D eigenvalue weighted by molar-refractivity contribution is 7.17. The summed E-state index contributed by atoms with van der Waals surface area (Å²) in [5, 5.41) is 3.59. The number of fused-ring (bicyclic) bond motifs is 3. The summed E-state index contributed by atoms with van der Waals surface area (Å²) >= 11 is 1.57. The summed E-state index contributed by atoms with van der Waals surface area (Å²) in [6.45, 7) is 0.0898. The third-order valence-corrected chi connectivity index (χ3v) is 7.65. The minimum Gasteiger partial charge on any atom is -0.493 e. The Morgan fingerprint density at radius 2 is 1.94 bits per heavy atom. The van der Waals surface area contributed by atoms with Crippen LogP contribution in [0.1, 0.15) is 33.7 Å². The van der Waals surface area contributed by atoms with E-state index in [2.05, 4.69) is 5.32 Å². The van der Waals surface area contributed by atoms with Gasteiger partial charge in [-0.1, -0.05) is 0 Å². The number of hydrogen-bond acceptors (Lipinski definition) is 8. The number of carbonyl (C=O) groups is 2. The predicted molar refractivity (Wildman–Crippen MR) is 136 cm³/mol. The fourth-order valence-corrected chi connectivity index (χ4v) is 6.07.